The second-order valence-corrected chi connectivity index (χ2v) is 11.5. The number of alkyl halides is 2. The summed E-state index contributed by atoms with van der Waals surface area (Å²) in [6.07, 6.45) is 5.69. The Balaban J connectivity index is 0.000000296. The molecule has 0 aliphatic carbocycles. The molecule has 5 rings (SSSR count). The lowest BCUT2D eigenvalue weighted by atomic mass is 10.1. The molecule has 0 bridgehead atoms. The highest BCUT2D eigenvalue weighted by Crippen LogP contribution is 2.32. The van der Waals surface area contributed by atoms with Crippen LogP contribution in [0.15, 0.2) is 55.1 Å². The van der Waals surface area contributed by atoms with Crippen LogP contribution in [-0.2, 0) is 16.8 Å². The van der Waals surface area contributed by atoms with Gasteiger partial charge in [-0.15, -0.1) is 0 Å². The number of aromatic nitrogens is 4. The molecular weight excluding hydrogens is 554 g/mol. The smallest absolute Gasteiger partial charge is 0.251 e. The van der Waals surface area contributed by atoms with E-state index in [2.05, 4.69) is 39.4 Å². The van der Waals surface area contributed by atoms with E-state index < -0.39 is 6.43 Å². The lowest BCUT2D eigenvalue weighted by molar-refractivity contribution is -0.105. The van der Waals surface area contributed by atoms with Crippen LogP contribution < -0.4 is 14.8 Å². The average Bonchev–Trinajstić information content (AvgIpc) is 3.45. The second kappa shape index (κ2) is 14.4. The molecule has 3 heterocycles. The van der Waals surface area contributed by atoms with E-state index in [1.807, 2.05) is 52.0 Å². The van der Waals surface area contributed by atoms with Gasteiger partial charge in [-0.1, -0.05) is 19.1 Å². The lowest BCUT2D eigenvalue weighted by Gasteiger charge is -2.31. The maximum absolute atomic E-state index is 12.6. The van der Waals surface area contributed by atoms with Crippen molar-refractivity contribution in [1.29, 1.82) is 0 Å². The molecule has 0 saturated carbocycles. The average molecular weight is 595 g/mol. The molecule has 1 fully saturated rings. The molecule has 2 aromatic carbocycles. The number of halogens is 2. The number of piperidine rings is 1. The van der Waals surface area contributed by atoms with E-state index in [9.17, 15) is 13.6 Å². The van der Waals surface area contributed by atoms with E-state index in [1.165, 1.54) is 11.9 Å². The number of ether oxygens (including phenoxy) is 2. The summed E-state index contributed by atoms with van der Waals surface area (Å²) in [5.74, 6) is 1.95. The summed E-state index contributed by atoms with van der Waals surface area (Å²) in [4.78, 5) is 20.6. The van der Waals surface area contributed by atoms with Crippen molar-refractivity contribution < 1.29 is 23.0 Å². The van der Waals surface area contributed by atoms with E-state index in [4.69, 9.17) is 9.47 Å². The van der Waals surface area contributed by atoms with Crippen molar-refractivity contribution in [3.8, 4) is 17.4 Å². The highest BCUT2D eigenvalue weighted by molar-refractivity contribution is 5.85. The normalized spacial score (nSPS) is 14.3. The van der Waals surface area contributed by atoms with E-state index in [-0.39, 0.29) is 18.2 Å². The summed E-state index contributed by atoms with van der Waals surface area (Å²) in [5.41, 5.74) is 3.76. The Morgan fingerprint density at radius 1 is 1.12 bits per heavy atom. The fraction of sp³-hybridized carbons (Fsp3) is 0.438. The number of nitrogens with one attached hydrogen (secondary N) is 1. The third kappa shape index (κ3) is 8.93. The van der Waals surface area contributed by atoms with Crippen LogP contribution in [0.2, 0.25) is 0 Å². The van der Waals surface area contributed by atoms with Gasteiger partial charge >= 0.3 is 0 Å². The van der Waals surface area contributed by atoms with Crippen LogP contribution in [0.4, 0.5) is 14.5 Å². The summed E-state index contributed by atoms with van der Waals surface area (Å²) in [5, 5.41) is 7.41. The Hall–Kier alpha value is -4.12. The molecule has 1 saturated heterocycles. The van der Waals surface area contributed by atoms with Crippen LogP contribution >= 0.6 is 0 Å². The van der Waals surface area contributed by atoms with Crippen molar-refractivity contribution in [2.75, 3.05) is 25.0 Å². The largest absolute Gasteiger partial charge is 0.490 e. The van der Waals surface area contributed by atoms with E-state index in [0.717, 1.165) is 47.2 Å². The van der Waals surface area contributed by atoms with Gasteiger partial charge in [-0.3, -0.25) is 14.4 Å². The molecule has 0 unspecified atom stereocenters. The summed E-state index contributed by atoms with van der Waals surface area (Å²) >= 11 is 0. The zero-order valence-electron chi connectivity index (χ0n) is 25.4. The van der Waals surface area contributed by atoms with Crippen molar-refractivity contribution in [3.63, 3.8) is 0 Å². The number of anilines is 1. The second-order valence-electron chi connectivity index (χ2n) is 11.5. The van der Waals surface area contributed by atoms with Crippen molar-refractivity contribution in [3.05, 3.63) is 66.2 Å². The molecule has 1 amide bonds. The third-order valence-electron chi connectivity index (χ3n) is 7.15. The van der Waals surface area contributed by atoms with E-state index in [0.29, 0.717) is 31.1 Å². The standard InChI is InChI=1S/C24H27F2N3O2.C8H13N3O/c1-3-17-4-7-22(16(2)12-17)31-24-20-13-19(5-6-21(20)27-15-28-24)30-18-8-10-29(11-9-18)14-23(25)26;1-8(2,3)11-5-7(4-10-11)9-6-12/h4-7,12-13,15,18,23H,3,8-11,14H2,1-2H3;4-6H,1-3H3,(H,9,12). The molecule has 2 aromatic heterocycles. The summed E-state index contributed by atoms with van der Waals surface area (Å²) < 4.78 is 39.2. The first-order chi connectivity index (χ1) is 20.5. The predicted molar refractivity (Wildman–Crippen MR) is 163 cm³/mol. The molecule has 0 atom stereocenters. The topological polar surface area (TPSA) is 94.4 Å². The Morgan fingerprint density at radius 3 is 2.51 bits per heavy atom. The number of aryl methyl sites for hydroxylation is 2. The molecule has 0 spiro atoms. The van der Waals surface area contributed by atoms with E-state index >= 15 is 0 Å². The number of rotatable bonds is 9. The molecule has 1 aliphatic heterocycles. The van der Waals surface area contributed by atoms with Gasteiger partial charge in [-0.2, -0.15) is 5.10 Å². The number of amides is 1. The van der Waals surface area contributed by atoms with Gasteiger partial charge in [0.05, 0.1) is 34.9 Å². The lowest BCUT2D eigenvalue weighted by Crippen LogP contribution is -2.40. The van der Waals surface area contributed by atoms with Gasteiger partial charge in [-0.25, -0.2) is 18.7 Å². The highest BCUT2D eigenvalue weighted by atomic mass is 19.3. The van der Waals surface area contributed by atoms with Gasteiger partial charge in [-0.05, 0) is 82.3 Å². The minimum Gasteiger partial charge on any atom is -0.490 e. The molecule has 1 N–H and O–H groups in total. The molecular formula is C32H40F2N6O3. The first kappa shape index (κ1) is 31.8. The fourth-order valence-electron chi connectivity index (χ4n) is 4.75. The Morgan fingerprint density at radius 2 is 1.88 bits per heavy atom. The van der Waals surface area contributed by atoms with Crippen LogP contribution in [0.5, 0.6) is 17.4 Å². The van der Waals surface area contributed by atoms with Crippen LogP contribution in [-0.4, -0.2) is 63.2 Å². The Labute approximate surface area is 251 Å². The van der Waals surface area contributed by atoms with Crippen molar-refractivity contribution >= 4 is 23.0 Å². The van der Waals surface area contributed by atoms with Crippen molar-refractivity contribution in [1.82, 2.24) is 24.6 Å². The Bertz CT molecular complexity index is 1500. The SMILES string of the molecule is CC(C)(C)n1cc(NC=O)cn1.CCc1ccc(Oc2ncnc3ccc(OC4CCN(CC(F)F)CC4)cc23)c(C)c1. The predicted octanol–water partition coefficient (Wildman–Crippen LogP) is 6.61. The molecule has 230 valence electrons. The minimum atomic E-state index is -2.29. The number of hydrogen-bond donors (Lipinski definition) is 1. The highest BCUT2D eigenvalue weighted by Gasteiger charge is 2.23. The van der Waals surface area contributed by atoms with Gasteiger partial charge in [0, 0.05) is 19.3 Å². The first-order valence-electron chi connectivity index (χ1n) is 14.5. The summed E-state index contributed by atoms with van der Waals surface area (Å²) in [6.45, 7) is 11.4. The van der Waals surface area contributed by atoms with Crippen molar-refractivity contribution in [2.45, 2.75) is 71.9 Å². The maximum Gasteiger partial charge on any atom is 0.251 e. The number of carbonyl (C=O) groups is 1. The quantitative estimate of drug-likeness (QED) is 0.218. The number of likely N-dealkylation sites (tertiary alicyclic amines) is 1. The molecule has 43 heavy (non-hydrogen) atoms. The van der Waals surface area contributed by atoms with Gasteiger partial charge in [0.2, 0.25) is 12.3 Å². The van der Waals surface area contributed by atoms with Gasteiger partial charge in [0.25, 0.3) is 6.43 Å². The monoisotopic (exact) mass is 594 g/mol. The number of hydrogen-bond acceptors (Lipinski definition) is 7. The first-order valence-corrected chi connectivity index (χ1v) is 14.5. The van der Waals surface area contributed by atoms with Crippen LogP contribution in [0.25, 0.3) is 10.9 Å². The van der Waals surface area contributed by atoms with Gasteiger partial charge in [0.1, 0.15) is 23.9 Å². The van der Waals surface area contributed by atoms with Crippen molar-refractivity contribution in [2.24, 2.45) is 0 Å². The molecule has 1 aliphatic rings. The fourth-order valence-corrected chi connectivity index (χ4v) is 4.75. The molecule has 0 radical (unpaired) electrons. The third-order valence-corrected chi connectivity index (χ3v) is 7.15. The summed E-state index contributed by atoms with van der Waals surface area (Å²) in [7, 11) is 0. The van der Waals surface area contributed by atoms with Crippen LogP contribution in [0.3, 0.4) is 0 Å². The van der Waals surface area contributed by atoms with Crippen LogP contribution in [0, 0.1) is 6.92 Å². The molecule has 9 nitrogen and oxygen atoms in total. The number of fused-ring (bicyclic) bond motifs is 1. The maximum atomic E-state index is 12.6. The molecule has 4 aromatic rings. The van der Waals surface area contributed by atoms with Crippen LogP contribution in [0.1, 0.15) is 51.7 Å². The number of carbonyl (C=O) groups excluding carboxylic acids is 1. The number of nitrogens with zero attached hydrogens (tertiary/aromatic N) is 5. The summed E-state index contributed by atoms with van der Waals surface area (Å²) in [6, 6.07) is 11.8. The van der Waals surface area contributed by atoms with E-state index in [1.54, 1.807) is 22.0 Å². The molecule has 11 heteroatoms. The van der Waals surface area contributed by atoms with Gasteiger partial charge in [0.15, 0.2) is 0 Å². The number of benzene rings is 2. The Kier molecular flexibility index (Phi) is 10.6. The zero-order valence-corrected chi connectivity index (χ0v) is 25.4. The minimum absolute atomic E-state index is 0.00389. The van der Waals surface area contributed by atoms with Gasteiger partial charge < -0.3 is 14.8 Å². The zero-order chi connectivity index (χ0) is 31.0.